The van der Waals surface area contributed by atoms with E-state index in [2.05, 4.69) is 0 Å². The third kappa shape index (κ3) is 3.70. The van der Waals surface area contributed by atoms with Gasteiger partial charge < -0.3 is 14.3 Å². The summed E-state index contributed by atoms with van der Waals surface area (Å²) in [6.07, 6.45) is 0. The number of hydrogen-bond donors (Lipinski definition) is 1. The van der Waals surface area contributed by atoms with Gasteiger partial charge in [-0.25, -0.2) is 0 Å². The van der Waals surface area contributed by atoms with Crippen LogP contribution in [-0.4, -0.2) is 12.2 Å². The number of phenols is 1. The van der Waals surface area contributed by atoms with Crippen LogP contribution in [-0.2, 0) is 6.54 Å². The van der Waals surface area contributed by atoms with Crippen LogP contribution in [0, 0.1) is 0 Å². The number of hydrogen-bond acceptors (Lipinski definition) is 4. The molecule has 0 saturated heterocycles. The van der Waals surface area contributed by atoms with Gasteiger partial charge in [0.15, 0.2) is 0 Å². The Morgan fingerprint density at radius 3 is 2.44 bits per heavy atom. The lowest BCUT2D eigenvalue weighted by Gasteiger charge is -2.07. The van der Waals surface area contributed by atoms with Gasteiger partial charge in [0, 0.05) is 17.0 Å². The van der Waals surface area contributed by atoms with Gasteiger partial charge in [0.25, 0.3) is 0 Å². The van der Waals surface area contributed by atoms with Gasteiger partial charge in [0.05, 0.1) is 19.0 Å². The number of ether oxygens (including phenoxy) is 1. The van der Waals surface area contributed by atoms with E-state index in [9.17, 15) is 5.11 Å². The predicted octanol–water partition coefficient (Wildman–Crippen LogP) is 4.91. The molecule has 4 heteroatoms. The molecule has 3 aromatic carbocycles. The van der Waals surface area contributed by atoms with Crippen molar-refractivity contribution in [2.75, 3.05) is 7.11 Å². The maximum absolute atomic E-state index is 9.89. The first-order chi connectivity index (χ1) is 13.2. The van der Waals surface area contributed by atoms with Gasteiger partial charge in [-0.1, -0.05) is 30.3 Å². The maximum Gasteiger partial charge on any atom is 0.137 e. The lowest BCUT2D eigenvalue weighted by atomic mass is 10.1. The van der Waals surface area contributed by atoms with Crippen LogP contribution >= 0.6 is 0 Å². The third-order valence-electron chi connectivity index (χ3n) is 4.38. The van der Waals surface area contributed by atoms with E-state index in [1.165, 1.54) is 0 Å². The molecule has 0 amide bonds. The molecule has 4 rings (SSSR count). The van der Waals surface area contributed by atoms with Gasteiger partial charge >= 0.3 is 0 Å². The van der Waals surface area contributed by atoms with Crippen LogP contribution in [0.25, 0.3) is 22.3 Å². The second kappa shape index (κ2) is 7.38. The fourth-order valence-electron chi connectivity index (χ4n) is 2.95. The van der Waals surface area contributed by atoms with Gasteiger partial charge in [-0.3, -0.25) is 4.99 Å². The molecule has 4 aromatic rings. The number of benzene rings is 3. The van der Waals surface area contributed by atoms with Crippen molar-refractivity contribution in [1.29, 1.82) is 0 Å². The first kappa shape index (κ1) is 16.9. The minimum Gasteiger partial charge on any atom is -0.508 e. The van der Waals surface area contributed by atoms with Crippen LogP contribution in [0.1, 0.15) is 5.56 Å². The Morgan fingerprint density at radius 1 is 0.926 bits per heavy atom. The molecule has 0 saturated carbocycles. The quantitative estimate of drug-likeness (QED) is 0.564. The van der Waals surface area contributed by atoms with E-state index in [-0.39, 0.29) is 5.75 Å². The van der Waals surface area contributed by atoms with Gasteiger partial charge in [-0.2, -0.15) is 0 Å². The Bertz CT molecular complexity index is 1130. The lowest BCUT2D eigenvalue weighted by molar-refractivity contribution is 0.415. The van der Waals surface area contributed by atoms with Crippen LogP contribution in [0.5, 0.6) is 11.5 Å². The highest BCUT2D eigenvalue weighted by Gasteiger charge is 2.07. The molecule has 1 N–H and O–H groups in total. The van der Waals surface area contributed by atoms with Crippen LogP contribution in [0.3, 0.4) is 0 Å². The fourth-order valence-corrected chi connectivity index (χ4v) is 2.95. The van der Waals surface area contributed by atoms with Crippen molar-refractivity contribution in [1.82, 2.24) is 0 Å². The monoisotopic (exact) mass is 357 g/mol. The summed E-state index contributed by atoms with van der Waals surface area (Å²) in [4.78, 5) is 4.77. The SMILES string of the molecule is COc1ccc(-c2cc(=NCc3ccccc3)c3cc(O)ccc3o2)cc1. The van der Waals surface area contributed by atoms with Crippen LogP contribution < -0.4 is 10.1 Å². The van der Waals surface area contributed by atoms with E-state index in [4.69, 9.17) is 14.1 Å². The molecule has 27 heavy (non-hydrogen) atoms. The number of fused-ring (bicyclic) bond motifs is 1. The zero-order valence-corrected chi connectivity index (χ0v) is 14.9. The van der Waals surface area contributed by atoms with Crippen molar-refractivity contribution in [3.8, 4) is 22.8 Å². The first-order valence-corrected chi connectivity index (χ1v) is 8.69. The second-order valence-corrected chi connectivity index (χ2v) is 6.21. The summed E-state index contributed by atoms with van der Waals surface area (Å²) in [6, 6.07) is 24.7. The van der Waals surface area contributed by atoms with Crippen molar-refractivity contribution >= 4 is 11.0 Å². The van der Waals surface area contributed by atoms with Crippen molar-refractivity contribution in [3.05, 3.63) is 89.8 Å². The molecule has 0 spiro atoms. The molecule has 0 bridgehead atoms. The van der Waals surface area contributed by atoms with E-state index in [0.29, 0.717) is 17.9 Å². The van der Waals surface area contributed by atoms with Gasteiger partial charge in [0.1, 0.15) is 22.8 Å². The van der Waals surface area contributed by atoms with Crippen LogP contribution in [0.2, 0.25) is 0 Å². The fraction of sp³-hybridized carbons (Fsp3) is 0.0870. The van der Waals surface area contributed by atoms with Crippen LogP contribution in [0.15, 0.2) is 88.3 Å². The summed E-state index contributed by atoms with van der Waals surface area (Å²) in [5.41, 5.74) is 2.73. The Balaban J connectivity index is 1.85. The number of rotatable bonds is 4. The summed E-state index contributed by atoms with van der Waals surface area (Å²) in [5, 5.41) is 11.4. The Hall–Kier alpha value is -3.53. The lowest BCUT2D eigenvalue weighted by Crippen LogP contribution is -2.04. The largest absolute Gasteiger partial charge is 0.508 e. The zero-order valence-electron chi connectivity index (χ0n) is 14.9. The predicted molar refractivity (Wildman–Crippen MR) is 106 cm³/mol. The molecular weight excluding hydrogens is 338 g/mol. The summed E-state index contributed by atoms with van der Waals surface area (Å²) >= 11 is 0. The van der Waals surface area contributed by atoms with E-state index in [1.807, 2.05) is 60.7 Å². The molecule has 0 atom stereocenters. The van der Waals surface area contributed by atoms with Gasteiger partial charge in [-0.05, 0) is 48.0 Å². The minimum atomic E-state index is 0.186. The molecule has 0 aliphatic rings. The Labute approximate surface area is 157 Å². The molecule has 0 aliphatic carbocycles. The van der Waals surface area contributed by atoms with Crippen molar-refractivity contribution in [2.24, 2.45) is 4.99 Å². The minimum absolute atomic E-state index is 0.186. The third-order valence-corrected chi connectivity index (χ3v) is 4.38. The van der Waals surface area contributed by atoms with Crippen LogP contribution in [0.4, 0.5) is 0 Å². The molecule has 1 aromatic heterocycles. The van der Waals surface area contributed by atoms with Gasteiger partial charge in [0.2, 0.25) is 0 Å². The highest BCUT2D eigenvalue weighted by Crippen LogP contribution is 2.26. The Kier molecular flexibility index (Phi) is 4.62. The highest BCUT2D eigenvalue weighted by atomic mass is 16.5. The summed E-state index contributed by atoms with van der Waals surface area (Å²) in [5.74, 6) is 1.69. The molecule has 134 valence electrons. The highest BCUT2D eigenvalue weighted by molar-refractivity contribution is 5.80. The van der Waals surface area contributed by atoms with E-state index in [0.717, 1.165) is 27.6 Å². The summed E-state index contributed by atoms with van der Waals surface area (Å²) < 4.78 is 11.3. The molecule has 1 heterocycles. The number of phenolic OH excluding ortho intramolecular Hbond substituents is 1. The molecule has 0 unspecified atom stereocenters. The van der Waals surface area contributed by atoms with Crippen molar-refractivity contribution in [3.63, 3.8) is 0 Å². The second-order valence-electron chi connectivity index (χ2n) is 6.21. The average molecular weight is 357 g/mol. The van der Waals surface area contributed by atoms with E-state index in [1.54, 1.807) is 25.3 Å². The van der Waals surface area contributed by atoms with E-state index < -0.39 is 0 Å². The number of aromatic hydroxyl groups is 1. The van der Waals surface area contributed by atoms with Crippen molar-refractivity contribution in [2.45, 2.75) is 6.54 Å². The average Bonchev–Trinajstić information content (AvgIpc) is 2.73. The maximum atomic E-state index is 9.89. The normalized spacial score (nSPS) is 11.7. The first-order valence-electron chi connectivity index (χ1n) is 8.69. The van der Waals surface area contributed by atoms with E-state index >= 15 is 0 Å². The standard InChI is InChI=1S/C23H19NO3/c1-26-19-10-7-17(8-11-19)23-14-21(24-15-16-5-3-2-4-6-16)20-13-18(25)9-12-22(20)27-23/h2-14,25H,15H2,1H3. The zero-order chi connectivity index (χ0) is 18.6. The summed E-state index contributed by atoms with van der Waals surface area (Å²) in [6.45, 7) is 0.553. The molecule has 0 fully saturated rings. The molecule has 4 nitrogen and oxygen atoms in total. The smallest absolute Gasteiger partial charge is 0.137 e. The Morgan fingerprint density at radius 2 is 1.70 bits per heavy atom. The topological polar surface area (TPSA) is 55.0 Å². The molecular formula is C23H19NO3. The molecule has 0 aliphatic heterocycles. The van der Waals surface area contributed by atoms with Gasteiger partial charge in [-0.15, -0.1) is 0 Å². The number of methoxy groups -OCH3 is 1. The van der Waals surface area contributed by atoms with Crippen molar-refractivity contribution < 1.29 is 14.3 Å². The summed E-state index contributed by atoms with van der Waals surface area (Å²) in [7, 11) is 1.64. The molecule has 0 radical (unpaired) electrons. The number of nitrogens with zero attached hydrogens (tertiary/aromatic N) is 1.